The van der Waals surface area contributed by atoms with E-state index in [4.69, 9.17) is 0 Å². The molecule has 0 fully saturated rings. The van der Waals surface area contributed by atoms with E-state index < -0.39 is 62.5 Å². The zero-order valence-corrected chi connectivity index (χ0v) is 11.1. The van der Waals surface area contributed by atoms with E-state index in [0.29, 0.717) is 0 Å². The lowest BCUT2D eigenvalue weighted by molar-refractivity contribution is 0.405. The lowest BCUT2D eigenvalue weighted by Gasteiger charge is -2.22. The van der Waals surface area contributed by atoms with E-state index in [1.165, 1.54) is 20.8 Å². The Bertz CT molecular complexity index is 757. The minimum absolute atomic E-state index is 0.878. The van der Waals surface area contributed by atoms with Crippen molar-refractivity contribution in [2.75, 3.05) is 0 Å². The van der Waals surface area contributed by atoms with Crippen LogP contribution in [0.15, 0.2) is 0 Å². The van der Waals surface area contributed by atoms with Gasteiger partial charge in [-0.05, 0) is 5.41 Å². The van der Waals surface area contributed by atoms with Gasteiger partial charge >= 0.3 is 0 Å². The van der Waals surface area contributed by atoms with Crippen molar-refractivity contribution in [1.82, 2.24) is 0 Å². The molecule has 0 aliphatic rings. The van der Waals surface area contributed by atoms with Crippen LogP contribution in [-0.2, 0) is 5.41 Å². The first-order chi connectivity index (χ1) is 9.50. The van der Waals surface area contributed by atoms with Gasteiger partial charge in [-0.1, -0.05) is 20.8 Å². The normalized spacial score (nSPS) is 12.3. The van der Waals surface area contributed by atoms with Crippen LogP contribution in [0.5, 0.6) is 0 Å². The summed E-state index contributed by atoms with van der Waals surface area (Å²) in [5.74, 6) is -14.3. The molecule has 0 unspecified atom stereocenters. The number of hydrogen-bond acceptors (Lipinski definition) is 0. The Balaban J connectivity index is 3.19. The molecule has 7 heteroatoms. The second-order valence-electron chi connectivity index (χ2n) is 5.57. The van der Waals surface area contributed by atoms with Gasteiger partial charge in [0.1, 0.15) is 5.82 Å². The fraction of sp³-hybridized carbons (Fsp3) is 0.286. The van der Waals surface area contributed by atoms with Crippen molar-refractivity contribution in [3.8, 4) is 0 Å². The summed E-state index contributed by atoms with van der Waals surface area (Å²) in [6.45, 7) is 3.90. The van der Waals surface area contributed by atoms with E-state index in [2.05, 4.69) is 0 Å². The van der Waals surface area contributed by atoms with Crippen LogP contribution in [0.4, 0.5) is 30.7 Å². The number of halogens is 7. The maximum atomic E-state index is 14.3. The van der Waals surface area contributed by atoms with Crippen LogP contribution in [0.1, 0.15) is 26.3 Å². The molecule has 0 heterocycles. The molecule has 2 rings (SSSR count). The highest BCUT2D eigenvalue weighted by Gasteiger charge is 2.34. The zero-order chi connectivity index (χ0) is 16.3. The lowest BCUT2D eigenvalue weighted by atomic mass is 9.84. The SMILES string of the molecule is CC(C)(C)c1c(F)c(F)c2c(F)c(F)c(F)c(F)c2c1F. The van der Waals surface area contributed by atoms with Gasteiger partial charge in [0.15, 0.2) is 34.9 Å². The van der Waals surface area contributed by atoms with Gasteiger partial charge in [0.05, 0.1) is 10.8 Å². The predicted molar refractivity (Wildman–Crippen MR) is 62.4 cm³/mol. The Hall–Kier alpha value is -1.79. The number of benzene rings is 2. The summed E-state index contributed by atoms with van der Waals surface area (Å²) < 4.78 is 95.5. The maximum absolute atomic E-state index is 14.3. The van der Waals surface area contributed by atoms with E-state index in [0.717, 1.165) is 0 Å². The molecule has 114 valence electrons. The van der Waals surface area contributed by atoms with Crippen molar-refractivity contribution >= 4 is 10.8 Å². The molecule has 0 aliphatic heterocycles. The van der Waals surface area contributed by atoms with E-state index in [9.17, 15) is 30.7 Å². The molecule has 0 spiro atoms. The second kappa shape index (κ2) is 4.61. The minimum Gasteiger partial charge on any atom is -0.206 e. The monoisotopic (exact) mass is 310 g/mol. The molecule has 2 aromatic carbocycles. The van der Waals surface area contributed by atoms with Crippen LogP contribution in [0.3, 0.4) is 0 Å². The fourth-order valence-corrected chi connectivity index (χ4v) is 2.14. The fourth-order valence-electron chi connectivity index (χ4n) is 2.14. The van der Waals surface area contributed by atoms with Crippen molar-refractivity contribution in [2.24, 2.45) is 0 Å². The topological polar surface area (TPSA) is 0 Å². The summed E-state index contributed by atoms with van der Waals surface area (Å²) in [5.41, 5.74) is -2.19. The van der Waals surface area contributed by atoms with Gasteiger partial charge < -0.3 is 0 Å². The van der Waals surface area contributed by atoms with Gasteiger partial charge in [0.25, 0.3) is 0 Å². The highest BCUT2D eigenvalue weighted by molar-refractivity contribution is 5.86. The van der Waals surface area contributed by atoms with Gasteiger partial charge in [0.2, 0.25) is 0 Å². The first kappa shape index (κ1) is 15.6. The predicted octanol–water partition coefficient (Wildman–Crippen LogP) is 5.11. The van der Waals surface area contributed by atoms with Gasteiger partial charge in [-0.25, -0.2) is 30.7 Å². The Labute approximate surface area is 115 Å². The largest absolute Gasteiger partial charge is 0.206 e. The van der Waals surface area contributed by atoms with Gasteiger partial charge in [0, 0.05) is 5.56 Å². The van der Waals surface area contributed by atoms with Crippen LogP contribution in [-0.4, -0.2) is 0 Å². The van der Waals surface area contributed by atoms with Crippen molar-refractivity contribution in [3.05, 3.63) is 46.3 Å². The Kier molecular flexibility index (Phi) is 3.42. The molecule has 2 aromatic rings. The van der Waals surface area contributed by atoms with Gasteiger partial charge in [-0.2, -0.15) is 0 Å². The summed E-state index contributed by atoms with van der Waals surface area (Å²) in [7, 11) is 0. The van der Waals surface area contributed by atoms with Crippen molar-refractivity contribution < 1.29 is 30.7 Å². The van der Waals surface area contributed by atoms with Crippen molar-refractivity contribution in [1.29, 1.82) is 0 Å². The number of fused-ring (bicyclic) bond motifs is 1. The molecule has 0 radical (unpaired) electrons. The lowest BCUT2D eigenvalue weighted by Crippen LogP contribution is -2.19. The standard InChI is InChI=1S/C14H9F7/c1-14(2,3)6-7(15)4-5(8(16)11(6)19)10(18)13(21)12(20)9(4)17/h1-3H3. The molecular weight excluding hydrogens is 301 g/mol. The molecule has 0 amide bonds. The van der Waals surface area contributed by atoms with E-state index in [-0.39, 0.29) is 0 Å². The van der Waals surface area contributed by atoms with Gasteiger partial charge in [-0.3, -0.25) is 0 Å². The highest BCUT2D eigenvalue weighted by atomic mass is 19.2. The van der Waals surface area contributed by atoms with Crippen LogP contribution < -0.4 is 0 Å². The Morgan fingerprint density at radius 3 is 1.19 bits per heavy atom. The maximum Gasteiger partial charge on any atom is 0.198 e. The summed E-state index contributed by atoms with van der Waals surface area (Å²) in [6.07, 6.45) is 0. The second-order valence-corrected chi connectivity index (χ2v) is 5.57. The van der Waals surface area contributed by atoms with Crippen LogP contribution in [0.2, 0.25) is 0 Å². The van der Waals surface area contributed by atoms with E-state index in [1.54, 1.807) is 0 Å². The van der Waals surface area contributed by atoms with Crippen LogP contribution >= 0.6 is 0 Å². The summed E-state index contributed by atoms with van der Waals surface area (Å²) in [5, 5.41) is -3.04. The first-order valence-electron chi connectivity index (χ1n) is 5.82. The third-order valence-electron chi connectivity index (χ3n) is 3.09. The highest BCUT2D eigenvalue weighted by Crippen LogP contribution is 2.38. The number of rotatable bonds is 0. The molecule has 0 saturated carbocycles. The smallest absolute Gasteiger partial charge is 0.198 e. The molecular formula is C14H9F7. The molecule has 0 bridgehead atoms. The van der Waals surface area contributed by atoms with Crippen LogP contribution in [0, 0.1) is 40.7 Å². The third kappa shape index (κ3) is 2.06. The van der Waals surface area contributed by atoms with E-state index in [1.807, 2.05) is 0 Å². The quantitative estimate of drug-likeness (QED) is 0.360. The Morgan fingerprint density at radius 1 is 0.476 bits per heavy atom. The van der Waals surface area contributed by atoms with Gasteiger partial charge in [-0.15, -0.1) is 0 Å². The first-order valence-corrected chi connectivity index (χ1v) is 5.82. The molecule has 0 atom stereocenters. The molecule has 0 nitrogen and oxygen atoms in total. The minimum atomic E-state index is -2.33. The average molecular weight is 310 g/mol. The Morgan fingerprint density at radius 2 is 0.810 bits per heavy atom. The average Bonchev–Trinajstić information content (AvgIpc) is 2.36. The number of hydrogen-bond donors (Lipinski definition) is 0. The van der Waals surface area contributed by atoms with Crippen molar-refractivity contribution in [3.63, 3.8) is 0 Å². The summed E-state index contributed by atoms with van der Waals surface area (Å²) in [6, 6.07) is 0. The molecule has 0 aliphatic carbocycles. The molecule has 0 saturated heterocycles. The zero-order valence-electron chi connectivity index (χ0n) is 11.1. The third-order valence-corrected chi connectivity index (χ3v) is 3.09. The van der Waals surface area contributed by atoms with Crippen LogP contribution in [0.25, 0.3) is 10.8 Å². The summed E-state index contributed by atoms with van der Waals surface area (Å²) in [4.78, 5) is 0. The molecule has 0 N–H and O–H groups in total. The van der Waals surface area contributed by atoms with Crippen molar-refractivity contribution in [2.45, 2.75) is 26.2 Å². The molecule has 0 aromatic heterocycles. The summed E-state index contributed by atoms with van der Waals surface area (Å²) >= 11 is 0. The molecule has 21 heavy (non-hydrogen) atoms. The van der Waals surface area contributed by atoms with E-state index >= 15 is 0 Å².